The molecule has 0 atom stereocenters. The van der Waals surface area contributed by atoms with E-state index in [0.29, 0.717) is 11.9 Å². The van der Waals surface area contributed by atoms with Gasteiger partial charge in [0.25, 0.3) is 5.69 Å². The molecule has 2 aromatic heterocycles. The summed E-state index contributed by atoms with van der Waals surface area (Å²) in [7, 11) is 0. The summed E-state index contributed by atoms with van der Waals surface area (Å²) < 4.78 is 0. The van der Waals surface area contributed by atoms with E-state index in [9.17, 15) is 10.1 Å². The van der Waals surface area contributed by atoms with Crippen LogP contribution in [0.1, 0.15) is 5.56 Å². The molecule has 0 amide bonds. The van der Waals surface area contributed by atoms with Crippen molar-refractivity contribution in [2.75, 3.05) is 5.32 Å². The molecule has 20 heavy (non-hydrogen) atoms. The van der Waals surface area contributed by atoms with Crippen LogP contribution < -0.4 is 5.32 Å². The summed E-state index contributed by atoms with van der Waals surface area (Å²) >= 11 is 1.64. The highest BCUT2D eigenvalue weighted by Crippen LogP contribution is 2.30. The molecule has 0 spiro atoms. The number of non-ortho nitro benzene ring substituents is 1. The second kappa shape index (κ2) is 5.26. The first-order chi connectivity index (χ1) is 9.75. The SMILES string of the molecule is O=[N+]([O-])c1ccc(NCc2ccsc2)c2cnccc12. The molecule has 1 N–H and O–H groups in total. The van der Waals surface area contributed by atoms with Gasteiger partial charge in [0.2, 0.25) is 0 Å². The minimum atomic E-state index is -0.370. The zero-order chi connectivity index (χ0) is 13.9. The number of nitro benzene ring substituents is 1. The number of nitrogens with one attached hydrogen (secondary N) is 1. The highest BCUT2D eigenvalue weighted by Gasteiger charge is 2.13. The molecule has 0 bridgehead atoms. The fraction of sp³-hybridized carbons (Fsp3) is 0.0714. The molecule has 0 saturated carbocycles. The Balaban J connectivity index is 1.99. The van der Waals surface area contributed by atoms with Crippen LogP contribution in [0.5, 0.6) is 0 Å². The predicted molar refractivity (Wildman–Crippen MR) is 80.0 cm³/mol. The Labute approximate surface area is 119 Å². The minimum Gasteiger partial charge on any atom is -0.380 e. The number of nitrogens with zero attached hydrogens (tertiary/aromatic N) is 2. The molecule has 0 aliphatic heterocycles. The number of pyridine rings is 1. The average Bonchev–Trinajstić information content (AvgIpc) is 2.97. The van der Waals surface area contributed by atoms with Crippen molar-refractivity contribution in [2.24, 2.45) is 0 Å². The normalized spacial score (nSPS) is 10.6. The molecule has 2 heterocycles. The van der Waals surface area contributed by atoms with Gasteiger partial charge in [0.1, 0.15) is 0 Å². The van der Waals surface area contributed by atoms with E-state index in [1.807, 2.05) is 11.4 Å². The first kappa shape index (κ1) is 12.6. The topological polar surface area (TPSA) is 68.1 Å². The number of fused-ring (bicyclic) bond motifs is 1. The number of rotatable bonds is 4. The van der Waals surface area contributed by atoms with E-state index >= 15 is 0 Å². The van der Waals surface area contributed by atoms with E-state index in [0.717, 1.165) is 11.1 Å². The predicted octanol–water partition coefficient (Wildman–Crippen LogP) is 3.82. The van der Waals surface area contributed by atoms with Crippen LogP contribution >= 0.6 is 11.3 Å². The van der Waals surface area contributed by atoms with E-state index in [1.165, 1.54) is 11.6 Å². The summed E-state index contributed by atoms with van der Waals surface area (Å²) in [4.78, 5) is 14.7. The van der Waals surface area contributed by atoms with Crippen molar-refractivity contribution in [3.05, 3.63) is 63.1 Å². The van der Waals surface area contributed by atoms with Gasteiger partial charge in [-0.25, -0.2) is 0 Å². The van der Waals surface area contributed by atoms with Crippen LogP contribution in [0.4, 0.5) is 11.4 Å². The fourth-order valence-electron chi connectivity index (χ4n) is 2.08. The lowest BCUT2D eigenvalue weighted by Gasteiger charge is -2.09. The molecule has 100 valence electrons. The van der Waals surface area contributed by atoms with Gasteiger partial charge in [0.05, 0.1) is 10.3 Å². The molecule has 5 nitrogen and oxygen atoms in total. The molecule has 1 aromatic carbocycles. The monoisotopic (exact) mass is 285 g/mol. The molecule has 6 heteroatoms. The van der Waals surface area contributed by atoms with Crippen molar-refractivity contribution in [1.29, 1.82) is 0 Å². The van der Waals surface area contributed by atoms with E-state index in [1.54, 1.807) is 35.9 Å². The largest absolute Gasteiger partial charge is 0.380 e. The quantitative estimate of drug-likeness (QED) is 0.584. The maximum Gasteiger partial charge on any atom is 0.277 e. The van der Waals surface area contributed by atoms with Crippen LogP contribution in [0.15, 0.2) is 47.4 Å². The van der Waals surface area contributed by atoms with E-state index in [4.69, 9.17) is 0 Å². The Hall–Kier alpha value is -2.47. The molecule has 0 unspecified atom stereocenters. The Morgan fingerprint density at radius 3 is 2.90 bits per heavy atom. The van der Waals surface area contributed by atoms with Crippen molar-refractivity contribution in [3.63, 3.8) is 0 Å². The Morgan fingerprint density at radius 1 is 1.25 bits per heavy atom. The maximum atomic E-state index is 11.0. The van der Waals surface area contributed by atoms with Gasteiger partial charge in [-0.05, 0) is 34.5 Å². The Morgan fingerprint density at radius 2 is 2.15 bits per heavy atom. The summed E-state index contributed by atoms with van der Waals surface area (Å²) in [6.45, 7) is 0.686. The molecule has 3 aromatic rings. The van der Waals surface area contributed by atoms with Crippen molar-refractivity contribution >= 4 is 33.5 Å². The Kier molecular flexibility index (Phi) is 3.30. The zero-order valence-corrected chi connectivity index (χ0v) is 11.3. The molecular formula is C14H11N3O2S. The lowest BCUT2D eigenvalue weighted by Crippen LogP contribution is -2.00. The first-order valence-corrected chi connectivity index (χ1v) is 6.96. The first-order valence-electron chi connectivity index (χ1n) is 6.02. The third kappa shape index (κ3) is 2.33. The number of nitro groups is 1. The standard InChI is InChI=1S/C14H11N3O2S/c18-17(19)14-2-1-13(12-8-15-5-3-11(12)14)16-7-10-4-6-20-9-10/h1-6,8-9,16H,7H2. The number of hydrogen-bond donors (Lipinski definition) is 1. The summed E-state index contributed by atoms with van der Waals surface area (Å²) in [5.74, 6) is 0. The van der Waals surface area contributed by atoms with Gasteiger partial charge < -0.3 is 5.32 Å². The van der Waals surface area contributed by atoms with Gasteiger partial charge in [-0.3, -0.25) is 15.1 Å². The van der Waals surface area contributed by atoms with Crippen molar-refractivity contribution < 1.29 is 4.92 Å². The number of anilines is 1. The van der Waals surface area contributed by atoms with Gasteiger partial charge >= 0.3 is 0 Å². The van der Waals surface area contributed by atoms with Gasteiger partial charge in [-0.2, -0.15) is 11.3 Å². The molecule has 3 rings (SSSR count). The number of benzene rings is 1. The van der Waals surface area contributed by atoms with Crippen LogP contribution in [0, 0.1) is 10.1 Å². The van der Waals surface area contributed by atoms with Crippen LogP contribution in [0.25, 0.3) is 10.8 Å². The second-order valence-corrected chi connectivity index (χ2v) is 5.08. The van der Waals surface area contributed by atoms with Crippen LogP contribution in [-0.4, -0.2) is 9.91 Å². The van der Waals surface area contributed by atoms with Gasteiger partial charge in [0, 0.05) is 36.1 Å². The molecule has 0 fully saturated rings. The zero-order valence-electron chi connectivity index (χ0n) is 10.4. The van der Waals surface area contributed by atoms with E-state index in [-0.39, 0.29) is 10.6 Å². The minimum absolute atomic E-state index is 0.100. The number of aromatic nitrogens is 1. The Bertz CT molecular complexity index is 756. The highest BCUT2D eigenvalue weighted by molar-refractivity contribution is 7.07. The van der Waals surface area contributed by atoms with Gasteiger partial charge in [-0.15, -0.1) is 0 Å². The summed E-state index contributed by atoms with van der Waals surface area (Å²) in [6, 6.07) is 6.97. The molecule has 0 aliphatic carbocycles. The highest BCUT2D eigenvalue weighted by atomic mass is 32.1. The average molecular weight is 285 g/mol. The number of hydrogen-bond acceptors (Lipinski definition) is 5. The molecular weight excluding hydrogens is 274 g/mol. The third-order valence-corrected chi connectivity index (χ3v) is 3.79. The van der Waals surface area contributed by atoms with Crippen molar-refractivity contribution in [2.45, 2.75) is 6.54 Å². The van der Waals surface area contributed by atoms with Crippen LogP contribution in [0.2, 0.25) is 0 Å². The summed E-state index contributed by atoms with van der Waals surface area (Å²) in [6.07, 6.45) is 3.22. The lowest BCUT2D eigenvalue weighted by atomic mass is 10.1. The van der Waals surface area contributed by atoms with E-state index < -0.39 is 0 Å². The van der Waals surface area contributed by atoms with Gasteiger partial charge in [-0.1, -0.05) is 0 Å². The molecule has 0 radical (unpaired) electrons. The van der Waals surface area contributed by atoms with E-state index in [2.05, 4.69) is 15.7 Å². The lowest BCUT2D eigenvalue weighted by molar-refractivity contribution is -0.383. The maximum absolute atomic E-state index is 11.0. The molecule has 0 saturated heterocycles. The van der Waals surface area contributed by atoms with Crippen molar-refractivity contribution in [3.8, 4) is 0 Å². The van der Waals surface area contributed by atoms with Gasteiger partial charge in [0.15, 0.2) is 0 Å². The van der Waals surface area contributed by atoms with Crippen LogP contribution in [-0.2, 0) is 6.54 Å². The third-order valence-electron chi connectivity index (χ3n) is 3.05. The van der Waals surface area contributed by atoms with Crippen molar-refractivity contribution in [1.82, 2.24) is 4.98 Å². The smallest absolute Gasteiger partial charge is 0.277 e. The number of thiophene rings is 1. The van der Waals surface area contributed by atoms with Crippen LogP contribution in [0.3, 0.4) is 0 Å². The molecule has 0 aliphatic rings. The summed E-state index contributed by atoms with van der Waals surface area (Å²) in [5, 5.41) is 19.8. The second-order valence-electron chi connectivity index (χ2n) is 4.30. The summed E-state index contributed by atoms with van der Waals surface area (Å²) in [5.41, 5.74) is 2.14. The fourth-order valence-corrected chi connectivity index (χ4v) is 2.75.